The molecule has 0 aliphatic rings. The molecule has 0 N–H and O–H groups in total. The van der Waals surface area contributed by atoms with Crippen LogP contribution in [-0.4, -0.2) is 4.98 Å². The summed E-state index contributed by atoms with van der Waals surface area (Å²) >= 11 is 1.86. The number of aromatic nitrogens is 1. The quantitative estimate of drug-likeness (QED) is 0.579. The monoisotopic (exact) mass is 359 g/mol. The van der Waals surface area contributed by atoms with Crippen molar-refractivity contribution in [1.29, 1.82) is 0 Å². The molecule has 0 aliphatic carbocycles. The lowest BCUT2D eigenvalue weighted by Crippen LogP contribution is -1.98. The normalized spacial score (nSPS) is 10.7. The van der Waals surface area contributed by atoms with E-state index in [0.717, 1.165) is 22.9 Å². The van der Waals surface area contributed by atoms with Crippen LogP contribution in [0.1, 0.15) is 22.4 Å². The molecular formula is C14H12F2IN. The summed E-state index contributed by atoms with van der Waals surface area (Å²) in [5.41, 5.74) is 3.46. The van der Waals surface area contributed by atoms with Gasteiger partial charge in [0.1, 0.15) is 11.6 Å². The molecule has 0 unspecified atom stereocenters. The maximum absolute atomic E-state index is 13.6. The van der Waals surface area contributed by atoms with Crippen molar-refractivity contribution < 1.29 is 8.78 Å². The predicted molar refractivity (Wildman–Crippen MR) is 75.6 cm³/mol. The van der Waals surface area contributed by atoms with Crippen LogP contribution in [0.3, 0.4) is 0 Å². The summed E-state index contributed by atoms with van der Waals surface area (Å²) in [5.74, 6) is -1.03. The number of hydrogen-bond donors (Lipinski definition) is 0. The van der Waals surface area contributed by atoms with E-state index in [1.54, 1.807) is 12.3 Å². The Morgan fingerprint density at radius 3 is 2.50 bits per heavy atom. The number of rotatable bonds is 2. The molecule has 0 radical (unpaired) electrons. The van der Waals surface area contributed by atoms with Crippen LogP contribution >= 0.6 is 22.6 Å². The summed E-state index contributed by atoms with van der Waals surface area (Å²) in [5, 5.41) is 0. The van der Waals surface area contributed by atoms with Gasteiger partial charge in [-0.3, -0.25) is 4.98 Å². The van der Waals surface area contributed by atoms with E-state index in [-0.39, 0.29) is 0 Å². The first-order valence-electron chi connectivity index (χ1n) is 5.53. The van der Waals surface area contributed by atoms with Crippen molar-refractivity contribution in [3.63, 3.8) is 0 Å². The molecule has 0 spiro atoms. The Kier molecular flexibility index (Phi) is 3.94. The standard InChI is InChI=1S/C14H12F2IN/c1-8-3-10(7-18-9(8)2)4-11-5-14(17)13(16)6-12(11)15/h3,5-7H,4H2,1-2H3. The number of halogens is 3. The lowest BCUT2D eigenvalue weighted by Gasteiger charge is -2.07. The van der Waals surface area contributed by atoms with Gasteiger partial charge in [0.25, 0.3) is 0 Å². The molecule has 1 aromatic carbocycles. The Labute approximate surface area is 118 Å². The number of pyridine rings is 1. The van der Waals surface area contributed by atoms with Gasteiger partial charge in [-0.1, -0.05) is 6.07 Å². The number of benzene rings is 1. The van der Waals surface area contributed by atoms with E-state index in [9.17, 15) is 8.78 Å². The number of nitrogens with zero attached hydrogens (tertiary/aromatic N) is 1. The maximum atomic E-state index is 13.6. The minimum absolute atomic E-state index is 0.427. The number of hydrogen-bond acceptors (Lipinski definition) is 1. The fourth-order valence-electron chi connectivity index (χ4n) is 1.72. The molecule has 18 heavy (non-hydrogen) atoms. The van der Waals surface area contributed by atoms with Crippen molar-refractivity contribution in [3.8, 4) is 0 Å². The van der Waals surface area contributed by atoms with Gasteiger partial charge in [0.2, 0.25) is 0 Å². The van der Waals surface area contributed by atoms with Crippen LogP contribution in [-0.2, 0) is 6.42 Å². The molecular weight excluding hydrogens is 347 g/mol. The van der Waals surface area contributed by atoms with Crippen molar-refractivity contribution in [2.75, 3.05) is 0 Å². The van der Waals surface area contributed by atoms with Crippen molar-refractivity contribution in [2.24, 2.45) is 0 Å². The smallest absolute Gasteiger partial charge is 0.139 e. The van der Waals surface area contributed by atoms with E-state index in [4.69, 9.17) is 0 Å². The Hall–Kier alpha value is -1.04. The van der Waals surface area contributed by atoms with E-state index >= 15 is 0 Å². The Morgan fingerprint density at radius 2 is 1.83 bits per heavy atom. The van der Waals surface area contributed by atoms with E-state index in [1.807, 2.05) is 42.5 Å². The van der Waals surface area contributed by atoms with Crippen molar-refractivity contribution in [3.05, 3.63) is 62.0 Å². The van der Waals surface area contributed by atoms with Gasteiger partial charge in [-0.05, 0) is 59.2 Å². The lowest BCUT2D eigenvalue weighted by atomic mass is 10.0. The summed E-state index contributed by atoms with van der Waals surface area (Å²) in [6.07, 6.45) is 2.16. The average Bonchev–Trinajstić information content (AvgIpc) is 2.31. The van der Waals surface area contributed by atoms with Gasteiger partial charge in [0, 0.05) is 27.9 Å². The molecule has 1 heterocycles. The molecule has 1 nitrogen and oxygen atoms in total. The van der Waals surface area contributed by atoms with Crippen molar-refractivity contribution in [2.45, 2.75) is 20.3 Å². The van der Waals surface area contributed by atoms with Crippen LogP contribution in [0.5, 0.6) is 0 Å². The highest BCUT2D eigenvalue weighted by Crippen LogP contribution is 2.20. The van der Waals surface area contributed by atoms with Gasteiger partial charge in [-0.15, -0.1) is 0 Å². The summed E-state index contributed by atoms with van der Waals surface area (Å²) < 4.78 is 27.2. The fraction of sp³-hybridized carbons (Fsp3) is 0.214. The highest BCUT2D eigenvalue weighted by atomic mass is 127. The molecule has 0 aliphatic heterocycles. The average molecular weight is 359 g/mol. The molecule has 0 bridgehead atoms. The summed E-state index contributed by atoms with van der Waals surface area (Å²) in [6.45, 7) is 3.90. The van der Waals surface area contributed by atoms with E-state index in [0.29, 0.717) is 15.6 Å². The van der Waals surface area contributed by atoms with E-state index in [2.05, 4.69) is 4.98 Å². The third-order valence-corrected chi connectivity index (χ3v) is 3.71. The van der Waals surface area contributed by atoms with Gasteiger partial charge in [-0.2, -0.15) is 0 Å². The van der Waals surface area contributed by atoms with Gasteiger partial charge in [0.05, 0.1) is 0 Å². The molecule has 0 amide bonds. The van der Waals surface area contributed by atoms with Crippen LogP contribution in [0.4, 0.5) is 8.78 Å². The van der Waals surface area contributed by atoms with Crippen molar-refractivity contribution in [1.82, 2.24) is 4.98 Å². The van der Waals surface area contributed by atoms with E-state index in [1.165, 1.54) is 0 Å². The zero-order valence-corrected chi connectivity index (χ0v) is 12.3. The Bertz CT molecular complexity index is 597. The van der Waals surface area contributed by atoms with Gasteiger partial charge >= 0.3 is 0 Å². The minimum Gasteiger partial charge on any atom is -0.261 e. The van der Waals surface area contributed by atoms with Gasteiger partial charge in [-0.25, -0.2) is 8.78 Å². The summed E-state index contributed by atoms with van der Waals surface area (Å²) in [6, 6.07) is 4.46. The molecule has 2 aromatic rings. The minimum atomic E-state index is -0.518. The van der Waals surface area contributed by atoms with Gasteiger partial charge < -0.3 is 0 Å². The first kappa shape index (κ1) is 13.4. The molecule has 2 rings (SSSR count). The topological polar surface area (TPSA) is 12.9 Å². The predicted octanol–water partition coefficient (Wildman–Crippen LogP) is 4.17. The van der Waals surface area contributed by atoms with Crippen LogP contribution in [0.15, 0.2) is 24.4 Å². The van der Waals surface area contributed by atoms with Crippen LogP contribution in [0.25, 0.3) is 0 Å². The zero-order valence-electron chi connectivity index (χ0n) is 10.1. The third-order valence-electron chi connectivity index (χ3n) is 2.88. The molecule has 94 valence electrons. The van der Waals surface area contributed by atoms with Crippen LogP contribution < -0.4 is 0 Å². The molecule has 1 aromatic heterocycles. The summed E-state index contributed by atoms with van der Waals surface area (Å²) in [4.78, 5) is 4.25. The Balaban J connectivity index is 2.34. The molecule has 0 atom stereocenters. The lowest BCUT2D eigenvalue weighted by molar-refractivity contribution is 0.570. The molecule has 0 saturated heterocycles. The summed E-state index contributed by atoms with van der Waals surface area (Å²) in [7, 11) is 0. The SMILES string of the molecule is Cc1cc(Cc2cc(I)c(F)cc2F)cnc1C. The van der Waals surface area contributed by atoms with Crippen molar-refractivity contribution >= 4 is 22.6 Å². The number of aryl methyl sites for hydroxylation is 2. The largest absolute Gasteiger partial charge is 0.261 e. The van der Waals surface area contributed by atoms with Crippen LogP contribution in [0, 0.1) is 29.1 Å². The second-order valence-electron chi connectivity index (χ2n) is 4.28. The maximum Gasteiger partial charge on any atom is 0.139 e. The highest BCUT2D eigenvalue weighted by Gasteiger charge is 2.09. The molecule has 4 heteroatoms. The highest BCUT2D eigenvalue weighted by molar-refractivity contribution is 14.1. The first-order valence-corrected chi connectivity index (χ1v) is 6.61. The second-order valence-corrected chi connectivity index (χ2v) is 5.44. The van der Waals surface area contributed by atoms with Gasteiger partial charge in [0.15, 0.2) is 0 Å². The zero-order chi connectivity index (χ0) is 13.3. The fourth-order valence-corrected chi connectivity index (χ4v) is 2.25. The van der Waals surface area contributed by atoms with E-state index < -0.39 is 11.6 Å². The molecule has 0 saturated carbocycles. The second kappa shape index (κ2) is 5.30. The Morgan fingerprint density at radius 1 is 1.11 bits per heavy atom. The first-order chi connectivity index (χ1) is 8.47. The molecule has 0 fully saturated rings. The van der Waals surface area contributed by atoms with Crippen LogP contribution in [0.2, 0.25) is 0 Å². The third kappa shape index (κ3) is 2.85.